The summed E-state index contributed by atoms with van der Waals surface area (Å²) in [7, 11) is 0.957. The number of fused-ring (bicyclic) bond motifs is 1. The number of hydrogen-bond donors (Lipinski definition) is 1. The molecule has 0 spiro atoms. The molecule has 4 rings (SSSR count). The molecule has 11 nitrogen and oxygen atoms in total. The van der Waals surface area contributed by atoms with Crippen molar-refractivity contribution in [3.63, 3.8) is 0 Å². The number of nitrogens with one attached hydrogen (secondary N) is 1. The normalized spacial score (nSPS) is 16.2. The second-order valence-electron chi connectivity index (χ2n) is 18.0. The van der Waals surface area contributed by atoms with Crippen LogP contribution < -0.4 is 4.74 Å². The van der Waals surface area contributed by atoms with E-state index in [-0.39, 0.29) is 36.9 Å². The smallest absolute Gasteiger partial charge is 0.476 e. The summed E-state index contributed by atoms with van der Waals surface area (Å²) in [5.74, 6) is 0.484. The first-order valence-electron chi connectivity index (χ1n) is 19.6. The maximum Gasteiger partial charge on any atom is 0.491 e. The zero-order chi connectivity index (χ0) is 43.3. The first-order valence-corrected chi connectivity index (χ1v) is 23.3. The Labute approximate surface area is 343 Å². The number of ether oxygens (including phenoxy) is 3. The molecular formula is C42H61BF3N5O6Si. The van der Waals surface area contributed by atoms with E-state index in [0.717, 1.165) is 16.9 Å². The molecule has 58 heavy (non-hydrogen) atoms. The molecule has 1 N–H and O–H groups in total. The van der Waals surface area contributed by atoms with E-state index in [1.165, 1.54) is 11.1 Å². The third-order valence-electron chi connectivity index (χ3n) is 9.91. The van der Waals surface area contributed by atoms with Crippen molar-refractivity contribution < 1.29 is 41.5 Å². The van der Waals surface area contributed by atoms with E-state index in [4.69, 9.17) is 28.9 Å². The molecule has 3 heterocycles. The Morgan fingerprint density at radius 2 is 1.66 bits per heavy atom. The quantitative estimate of drug-likeness (QED) is 0.0659. The van der Waals surface area contributed by atoms with E-state index in [2.05, 4.69) is 24.6 Å². The Bertz CT molecular complexity index is 1930. The van der Waals surface area contributed by atoms with Gasteiger partial charge in [0.15, 0.2) is 0 Å². The number of benzene rings is 1. The lowest BCUT2D eigenvalue weighted by Gasteiger charge is -2.32. The van der Waals surface area contributed by atoms with Gasteiger partial charge in [-0.2, -0.15) is 13.2 Å². The molecule has 1 aliphatic rings. The summed E-state index contributed by atoms with van der Waals surface area (Å²) in [6.07, 6.45) is 0.291. The highest BCUT2D eigenvalue weighted by molar-refractivity contribution is 6.76. The number of hydrogen-bond acceptors (Lipinski definition) is 8. The predicted molar refractivity (Wildman–Crippen MR) is 227 cm³/mol. The molecule has 16 heteroatoms. The number of amides is 1. The summed E-state index contributed by atoms with van der Waals surface area (Å²) in [5, 5.41) is 8.85. The summed E-state index contributed by atoms with van der Waals surface area (Å²) in [4.78, 5) is 20.6. The van der Waals surface area contributed by atoms with Crippen LogP contribution in [0.2, 0.25) is 25.7 Å². The first kappa shape index (κ1) is 46.6. The van der Waals surface area contributed by atoms with Gasteiger partial charge >= 0.3 is 19.4 Å². The highest BCUT2D eigenvalue weighted by atomic mass is 28.3. The van der Waals surface area contributed by atoms with Crippen LogP contribution in [0.1, 0.15) is 66.0 Å². The minimum atomic E-state index is -4.58. The molecule has 2 aromatic heterocycles. The van der Waals surface area contributed by atoms with Crippen LogP contribution >= 0.6 is 0 Å². The van der Waals surface area contributed by atoms with Crippen molar-refractivity contribution in [2.75, 3.05) is 40.4 Å². The van der Waals surface area contributed by atoms with E-state index in [0.29, 0.717) is 30.0 Å². The van der Waals surface area contributed by atoms with Gasteiger partial charge in [-0.1, -0.05) is 31.8 Å². The first-order chi connectivity index (χ1) is 26.8. The molecule has 3 aromatic rings. The van der Waals surface area contributed by atoms with Crippen LogP contribution in [0, 0.1) is 5.41 Å². The van der Waals surface area contributed by atoms with Gasteiger partial charge in [-0.25, -0.2) is 9.78 Å². The average Bonchev–Trinajstić information content (AvgIpc) is 3.59. The van der Waals surface area contributed by atoms with Crippen LogP contribution in [-0.2, 0) is 25.5 Å². The fourth-order valence-electron chi connectivity index (χ4n) is 5.94. The molecule has 0 radical (unpaired) electrons. The van der Waals surface area contributed by atoms with Crippen molar-refractivity contribution in [1.29, 1.82) is 5.41 Å². The van der Waals surface area contributed by atoms with Crippen LogP contribution in [0.3, 0.4) is 0 Å². The van der Waals surface area contributed by atoms with Gasteiger partial charge in [-0.3, -0.25) is 5.41 Å². The van der Waals surface area contributed by atoms with Gasteiger partial charge in [0, 0.05) is 64.7 Å². The lowest BCUT2D eigenvalue weighted by Crippen LogP contribution is -2.41. The summed E-state index contributed by atoms with van der Waals surface area (Å²) >= 11 is 0. The Morgan fingerprint density at radius 1 is 1.00 bits per heavy atom. The van der Waals surface area contributed by atoms with Gasteiger partial charge in [0.25, 0.3) is 0 Å². The molecule has 1 saturated heterocycles. The molecule has 0 saturated carbocycles. The van der Waals surface area contributed by atoms with Crippen molar-refractivity contribution in [2.45, 2.75) is 110 Å². The number of nitrogens with zero attached hydrogens (tertiary/aromatic N) is 4. The second kappa shape index (κ2) is 18.4. The van der Waals surface area contributed by atoms with E-state index in [1.807, 2.05) is 35.0 Å². The third-order valence-corrected chi connectivity index (χ3v) is 11.6. The maximum absolute atomic E-state index is 14.5. The Kier molecular flexibility index (Phi) is 14.8. The van der Waals surface area contributed by atoms with Gasteiger partial charge in [-0.05, 0) is 101 Å². The minimum absolute atomic E-state index is 0.0516. The number of pyridine rings is 1. The molecule has 0 bridgehead atoms. The van der Waals surface area contributed by atoms with Crippen molar-refractivity contribution in [2.24, 2.45) is 0 Å². The summed E-state index contributed by atoms with van der Waals surface area (Å²) < 4.78 is 75.6. The third kappa shape index (κ3) is 13.2. The molecule has 318 valence electrons. The predicted octanol–water partition coefficient (Wildman–Crippen LogP) is 9.45. The number of carbonyl (C=O) groups excluding carboxylic acids is 1. The fraction of sp³-hybridized carbons (Fsp3) is 0.548. The highest BCUT2D eigenvalue weighted by Crippen LogP contribution is 2.44. The van der Waals surface area contributed by atoms with Gasteiger partial charge in [0.05, 0.1) is 29.7 Å². The largest absolute Gasteiger partial charge is 0.491 e. The van der Waals surface area contributed by atoms with Crippen LogP contribution in [0.4, 0.5) is 18.0 Å². The highest BCUT2D eigenvalue weighted by Gasteiger charge is 2.54. The van der Waals surface area contributed by atoms with Crippen LogP contribution in [0.25, 0.3) is 16.5 Å². The zero-order valence-electron chi connectivity index (χ0n) is 36.2. The molecule has 1 fully saturated rings. The number of rotatable bonds is 16. The summed E-state index contributed by atoms with van der Waals surface area (Å²) in [6.45, 7) is 20.8. The monoisotopic (exact) mass is 827 g/mol. The molecule has 0 unspecified atom stereocenters. The van der Waals surface area contributed by atoms with E-state index in [9.17, 15) is 18.0 Å². The molecule has 0 aliphatic carbocycles. The second-order valence-corrected chi connectivity index (χ2v) is 23.7. The number of likely N-dealkylation sites (N-methyl/N-ethyl adjacent to an activating group) is 1. The standard InChI is InChI=1S/C42H61BF3N5O6Si/c1-39(2,3)55-38(52)50(20-13-14-35(47)49(8)9)22-23-54-36-18-16-32(28-48-36)37(33(27-42(44,45)46)43-56-40(4,5)41(6,7)57-43)31-15-17-34-30(26-31)19-21-51(34)29-53-24-25-58(10,11)12/h13-19,21,26,28,47H,20,22-25,27,29H2,1-12H3/b14-13+,37-33-,47-35?. The van der Waals surface area contributed by atoms with Gasteiger partial charge in [0.2, 0.25) is 5.88 Å². The number of allylic oxidation sites excluding steroid dienone is 1. The number of carbonyl (C=O) groups is 1. The molecule has 1 aliphatic heterocycles. The number of aromatic nitrogens is 2. The summed E-state index contributed by atoms with van der Waals surface area (Å²) in [5.41, 5.74) is -0.429. The Hall–Kier alpha value is -4.12. The van der Waals surface area contributed by atoms with Crippen molar-refractivity contribution >= 4 is 43.6 Å². The number of halogens is 3. The Balaban J connectivity index is 1.68. The lowest BCUT2D eigenvalue weighted by molar-refractivity contribution is -0.126. The topological polar surface area (TPSA) is 111 Å². The van der Waals surface area contributed by atoms with E-state index >= 15 is 0 Å². The molecule has 1 aromatic carbocycles. The SMILES string of the molecule is CN(C)C(=N)/C=C/CN(CCOc1ccc(/C(=C(/CC(F)(F)F)B2OC(C)(C)C(C)(C)O2)c2ccc3c(ccn3COCC[Si](C)(C)C)c2)cn1)C(=O)OC(C)(C)C. The van der Waals surface area contributed by atoms with Crippen molar-refractivity contribution in [3.8, 4) is 5.88 Å². The fourth-order valence-corrected chi connectivity index (χ4v) is 6.69. The molecule has 0 atom stereocenters. The molecule has 1 amide bonds. The zero-order valence-corrected chi connectivity index (χ0v) is 37.2. The lowest BCUT2D eigenvalue weighted by atomic mass is 9.70. The van der Waals surface area contributed by atoms with Crippen molar-refractivity contribution in [3.05, 3.63) is 77.5 Å². The van der Waals surface area contributed by atoms with Gasteiger partial charge in [-0.15, -0.1) is 0 Å². The Morgan fingerprint density at radius 3 is 2.22 bits per heavy atom. The number of amidine groups is 1. The van der Waals surface area contributed by atoms with Crippen LogP contribution in [0.15, 0.2) is 66.4 Å². The van der Waals surface area contributed by atoms with Gasteiger partial charge < -0.3 is 37.9 Å². The van der Waals surface area contributed by atoms with Crippen LogP contribution in [-0.4, -0.2) is 110 Å². The maximum atomic E-state index is 14.5. The minimum Gasteiger partial charge on any atom is -0.476 e. The van der Waals surface area contributed by atoms with Crippen molar-refractivity contribution in [1.82, 2.24) is 19.4 Å². The summed E-state index contributed by atoms with van der Waals surface area (Å²) in [6, 6.07) is 11.8. The van der Waals surface area contributed by atoms with Gasteiger partial charge in [0.1, 0.15) is 24.8 Å². The molecular weight excluding hydrogens is 766 g/mol. The van der Waals surface area contributed by atoms with E-state index < -0.39 is 50.7 Å². The van der Waals surface area contributed by atoms with Crippen LogP contribution in [0.5, 0.6) is 5.88 Å². The average molecular weight is 828 g/mol. The van der Waals surface area contributed by atoms with E-state index in [1.54, 1.807) is 91.7 Å². The number of alkyl halides is 3.